The molecular weight excluding hydrogens is 226 g/mol. The number of nitrogen functional groups attached to an aromatic ring is 1. The molecule has 0 amide bonds. The van der Waals surface area contributed by atoms with Crippen LogP contribution in [0, 0.1) is 0 Å². The minimum absolute atomic E-state index is 0.0174. The predicted molar refractivity (Wildman–Crippen MR) is 61.5 cm³/mol. The van der Waals surface area contributed by atoms with Crippen molar-refractivity contribution in [1.29, 1.82) is 0 Å². The second-order valence-electron chi connectivity index (χ2n) is 3.46. The molecule has 6 heteroatoms. The van der Waals surface area contributed by atoms with Crippen LogP contribution in [0.1, 0.15) is 0 Å². The van der Waals surface area contributed by atoms with E-state index in [0.29, 0.717) is 5.56 Å². The molecule has 0 spiro atoms. The monoisotopic (exact) mass is 237 g/mol. The fourth-order valence-electron chi connectivity index (χ4n) is 1.49. The molecule has 0 unspecified atom stereocenters. The van der Waals surface area contributed by atoms with Gasteiger partial charge in [-0.15, -0.1) is 0 Å². The SMILES string of the molecule is CS(=O)(=O)c1n[nH]c(N)c1-c1ccccc1. The van der Waals surface area contributed by atoms with Crippen molar-refractivity contribution in [2.75, 3.05) is 12.0 Å². The highest BCUT2D eigenvalue weighted by Gasteiger charge is 2.20. The molecule has 1 heterocycles. The zero-order chi connectivity index (χ0) is 11.8. The Morgan fingerprint density at radius 1 is 1.25 bits per heavy atom. The first-order chi connectivity index (χ1) is 7.50. The number of hydrogen-bond donors (Lipinski definition) is 2. The van der Waals surface area contributed by atoms with Gasteiger partial charge in [0.2, 0.25) is 0 Å². The van der Waals surface area contributed by atoms with Gasteiger partial charge < -0.3 is 5.73 Å². The van der Waals surface area contributed by atoms with E-state index in [9.17, 15) is 8.42 Å². The minimum Gasteiger partial charge on any atom is -0.384 e. The predicted octanol–water partition coefficient (Wildman–Crippen LogP) is 1.06. The third-order valence-corrected chi connectivity index (χ3v) is 3.17. The van der Waals surface area contributed by atoms with Crippen LogP contribution in [-0.4, -0.2) is 24.9 Å². The zero-order valence-electron chi connectivity index (χ0n) is 8.64. The van der Waals surface area contributed by atoms with Crippen LogP contribution in [-0.2, 0) is 9.84 Å². The van der Waals surface area contributed by atoms with Crippen LogP contribution in [0.15, 0.2) is 35.4 Å². The van der Waals surface area contributed by atoms with Crippen LogP contribution in [0.5, 0.6) is 0 Å². The van der Waals surface area contributed by atoms with Crippen molar-refractivity contribution >= 4 is 15.7 Å². The van der Waals surface area contributed by atoms with E-state index < -0.39 is 9.84 Å². The van der Waals surface area contributed by atoms with Gasteiger partial charge in [0, 0.05) is 6.26 Å². The molecule has 16 heavy (non-hydrogen) atoms. The molecule has 0 saturated carbocycles. The number of nitrogens with two attached hydrogens (primary N) is 1. The Bertz CT molecular complexity index is 602. The molecule has 0 saturated heterocycles. The largest absolute Gasteiger partial charge is 0.384 e. The highest BCUT2D eigenvalue weighted by Crippen LogP contribution is 2.30. The van der Waals surface area contributed by atoms with Gasteiger partial charge in [0.1, 0.15) is 5.82 Å². The van der Waals surface area contributed by atoms with Crippen molar-refractivity contribution in [3.05, 3.63) is 30.3 Å². The second kappa shape index (κ2) is 3.64. The van der Waals surface area contributed by atoms with Crippen LogP contribution in [0.25, 0.3) is 11.1 Å². The fourth-order valence-corrected chi connectivity index (χ4v) is 2.30. The first-order valence-electron chi connectivity index (χ1n) is 4.59. The molecule has 2 aromatic rings. The minimum atomic E-state index is -3.38. The Morgan fingerprint density at radius 2 is 1.88 bits per heavy atom. The number of nitrogens with zero attached hydrogens (tertiary/aromatic N) is 1. The van der Waals surface area contributed by atoms with Gasteiger partial charge in [-0.2, -0.15) is 5.10 Å². The van der Waals surface area contributed by atoms with Crippen molar-refractivity contribution in [1.82, 2.24) is 10.2 Å². The number of aromatic amines is 1. The third kappa shape index (κ3) is 1.79. The van der Waals surface area contributed by atoms with E-state index in [2.05, 4.69) is 10.2 Å². The maximum Gasteiger partial charge on any atom is 0.195 e. The highest BCUT2D eigenvalue weighted by atomic mass is 32.2. The average molecular weight is 237 g/mol. The van der Waals surface area contributed by atoms with Gasteiger partial charge in [-0.05, 0) is 5.56 Å². The summed E-state index contributed by atoms with van der Waals surface area (Å²) in [6.07, 6.45) is 1.11. The number of benzene rings is 1. The molecule has 0 aliphatic rings. The molecule has 0 fully saturated rings. The molecular formula is C10H11N3O2S. The van der Waals surface area contributed by atoms with Crippen molar-refractivity contribution in [3.63, 3.8) is 0 Å². The molecule has 0 aliphatic carbocycles. The van der Waals surface area contributed by atoms with Gasteiger partial charge in [0.05, 0.1) is 5.56 Å². The summed E-state index contributed by atoms with van der Waals surface area (Å²) in [5.41, 5.74) is 6.85. The number of H-pyrrole nitrogens is 1. The van der Waals surface area contributed by atoms with Crippen molar-refractivity contribution in [3.8, 4) is 11.1 Å². The van der Waals surface area contributed by atoms with Crippen molar-refractivity contribution < 1.29 is 8.42 Å². The van der Waals surface area contributed by atoms with Gasteiger partial charge in [0.15, 0.2) is 14.9 Å². The molecule has 0 atom stereocenters. The molecule has 5 nitrogen and oxygen atoms in total. The lowest BCUT2D eigenvalue weighted by Gasteiger charge is -2.01. The van der Waals surface area contributed by atoms with Crippen LogP contribution in [0.3, 0.4) is 0 Å². The van der Waals surface area contributed by atoms with Crippen LogP contribution in [0.4, 0.5) is 5.82 Å². The Balaban J connectivity index is 2.71. The standard InChI is InChI=1S/C10H11N3O2S/c1-16(14,15)10-8(9(11)12-13-10)7-5-3-2-4-6-7/h2-6H,1H3,(H3,11,12,13). The third-order valence-electron chi connectivity index (χ3n) is 2.17. The summed E-state index contributed by atoms with van der Waals surface area (Å²) in [6, 6.07) is 9.05. The molecule has 2 rings (SSSR count). The van der Waals surface area contributed by atoms with E-state index >= 15 is 0 Å². The van der Waals surface area contributed by atoms with E-state index in [1.165, 1.54) is 0 Å². The summed E-state index contributed by atoms with van der Waals surface area (Å²) >= 11 is 0. The molecule has 84 valence electrons. The molecule has 1 aromatic carbocycles. The number of rotatable bonds is 2. The van der Waals surface area contributed by atoms with Crippen LogP contribution < -0.4 is 5.73 Å². The Labute approximate surface area is 93.2 Å². The highest BCUT2D eigenvalue weighted by molar-refractivity contribution is 7.90. The van der Waals surface area contributed by atoms with Gasteiger partial charge in [0.25, 0.3) is 0 Å². The normalized spacial score (nSPS) is 11.6. The summed E-state index contributed by atoms with van der Waals surface area (Å²) in [5.74, 6) is 0.256. The van der Waals surface area contributed by atoms with Crippen LogP contribution >= 0.6 is 0 Å². The zero-order valence-corrected chi connectivity index (χ0v) is 9.45. The Kier molecular flexibility index (Phi) is 2.43. The number of aromatic nitrogens is 2. The Hall–Kier alpha value is -1.82. The van der Waals surface area contributed by atoms with Crippen molar-refractivity contribution in [2.45, 2.75) is 5.03 Å². The molecule has 1 aromatic heterocycles. The lowest BCUT2D eigenvalue weighted by Crippen LogP contribution is -2.00. The van der Waals surface area contributed by atoms with Crippen LogP contribution in [0.2, 0.25) is 0 Å². The summed E-state index contributed by atoms with van der Waals surface area (Å²) in [6.45, 7) is 0. The topological polar surface area (TPSA) is 88.8 Å². The molecule has 0 aliphatic heterocycles. The summed E-state index contributed by atoms with van der Waals surface area (Å²) in [7, 11) is -3.38. The number of hydrogen-bond acceptors (Lipinski definition) is 4. The van der Waals surface area contributed by atoms with Gasteiger partial charge >= 0.3 is 0 Å². The lowest BCUT2D eigenvalue weighted by atomic mass is 10.1. The van der Waals surface area contributed by atoms with Gasteiger partial charge in [-0.25, -0.2) is 8.42 Å². The second-order valence-corrected chi connectivity index (χ2v) is 5.39. The van der Waals surface area contributed by atoms with E-state index in [-0.39, 0.29) is 10.8 Å². The summed E-state index contributed by atoms with van der Waals surface area (Å²) in [5, 5.41) is 6.20. The van der Waals surface area contributed by atoms with Crippen molar-refractivity contribution in [2.24, 2.45) is 0 Å². The summed E-state index contributed by atoms with van der Waals surface area (Å²) < 4.78 is 23.0. The fraction of sp³-hybridized carbons (Fsp3) is 0.100. The number of anilines is 1. The first kappa shape index (κ1) is 10.7. The van der Waals surface area contributed by atoms with E-state index in [1.807, 2.05) is 18.2 Å². The molecule has 3 N–H and O–H groups in total. The molecule has 0 bridgehead atoms. The smallest absolute Gasteiger partial charge is 0.195 e. The summed E-state index contributed by atoms with van der Waals surface area (Å²) in [4.78, 5) is 0. The maximum atomic E-state index is 11.5. The first-order valence-corrected chi connectivity index (χ1v) is 6.48. The van der Waals surface area contributed by atoms with E-state index in [1.54, 1.807) is 12.1 Å². The lowest BCUT2D eigenvalue weighted by molar-refractivity contribution is 0.598. The van der Waals surface area contributed by atoms with Gasteiger partial charge in [-0.1, -0.05) is 30.3 Å². The van der Waals surface area contributed by atoms with Gasteiger partial charge in [-0.3, -0.25) is 5.10 Å². The number of sulfone groups is 1. The Morgan fingerprint density at radius 3 is 2.44 bits per heavy atom. The molecule has 0 radical (unpaired) electrons. The van der Waals surface area contributed by atoms with E-state index in [4.69, 9.17) is 5.73 Å². The number of nitrogens with one attached hydrogen (secondary N) is 1. The average Bonchev–Trinajstić information content (AvgIpc) is 2.61. The maximum absolute atomic E-state index is 11.5. The van der Waals surface area contributed by atoms with E-state index in [0.717, 1.165) is 11.8 Å². The quantitative estimate of drug-likeness (QED) is 0.817.